The highest BCUT2D eigenvalue weighted by Crippen LogP contribution is 2.26. The fourth-order valence-electron chi connectivity index (χ4n) is 5.69. The summed E-state index contributed by atoms with van der Waals surface area (Å²) in [5.41, 5.74) is 3.95. The molecule has 0 saturated heterocycles. The number of rotatable bonds is 15. The first-order chi connectivity index (χ1) is 21.4. The Balaban J connectivity index is 1.43. The van der Waals surface area contributed by atoms with Crippen LogP contribution < -0.4 is 5.32 Å². The number of nitrogens with zero attached hydrogens (tertiary/aromatic N) is 1. The lowest BCUT2D eigenvalue weighted by Gasteiger charge is -2.36. The molecule has 4 rings (SSSR count). The number of carbonyl (C=O) groups excluding carboxylic acids is 3. The maximum atomic E-state index is 13.5. The van der Waals surface area contributed by atoms with Crippen molar-refractivity contribution in [2.24, 2.45) is 11.8 Å². The first-order valence-electron chi connectivity index (χ1n) is 15.2. The number of esters is 1. The van der Waals surface area contributed by atoms with Gasteiger partial charge >= 0.3 is 5.97 Å². The van der Waals surface area contributed by atoms with E-state index in [0.717, 1.165) is 22.3 Å². The number of nitrogens with one attached hydrogen (secondary N) is 1. The van der Waals surface area contributed by atoms with Gasteiger partial charge in [0, 0.05) is 13.0 Å². The summed E-state index contributed by atoms with van der Waals surface area (Å²) in [4.78, 5) is 42.0. The Morgan fingerprint density at radius 1 is 0.886 bits per heavy atom. The van der Waals surface area contributed by atoms with Gasteiger partial charge in [0.15, 0.2) is 0 Å². The summed E-state index contributed by atoms with van der Waals surface area (Å²) in [7, 11) is 0. The molecular weight excluding hydrogens is 552 g/mol. The van der Waals surface area contributed by atoms with E-state index in [4.69, 9.17) is 4.74 Å². The van der Waals surface area contributed by atoms with E-state index in [1.54, 1.807) is 17.1 Å². The van der Waals surface area contributed by atoms with Gasteiger partial charge in [-0.15, -0.1) is 13.2 Å². The van der Waals surface area contributed by atoms with Crippen molar-refractivity contribution in [1.29, 1.82) is 0 Å². The van der Waals surface area contributed by atoms with Gasteiger partial charge in [-0.3, -0.25) is 14.4 Å². The highest BCUT2D eigenvalue weighted by molar-refractivity contribution is 5.86. The molecule has 0 spiro atoms. The van der Waals surface area contributed by atoms with Crippen LogP contribution in [0.25, 0.3) is 0 Å². The first kappa shape index (κ1) is 32.4. The molecular formula is C37H42N2O5. The standard InChI is InChI=1S/C37H42N2O5/c1-3-13-30(23-35(41)39-25-32-20-12-11-19-29(32)22-33(39)26-40)36(42)38-24-34(28-17-9-6-10-18-28)44-37(43)31(14-4-2)21-27-15-7-5-8-16-27/h3-12,15-20,30-31,33-34,40H,1-2,13-14,21-26H2,(H,38,42)/t30-,31-,33-,34-/m0/s1. The Bertz CT molecular complexity index is 1410. The molecule has 4 atom stereocenters. The smallest absolute Gasteiger partial charge is 0.310 e. The SMILES string of the molecule is C=CC[C@@H](CC(=O)N1Cc2ccccc2C[C@H]1CO)C(=O)NC[C@H](OC(=O)[C@@H](CC=C)Cc1ccccc1)c1ccccc1. The third-order valence-electron chi connectivity index (χ3n) is 8.13. The highest BCUT2D eigenvalue weighted by atomic mass is 16.5. The van der Waals surface area contributed by atoms with Crippen molar-refractivity contribution in [2.45, 2.75) is 50.8 Å². The van der Waals surface area contributed by atoms with Crippen molar-refractivity contribution in [1.82, 2.24) is 10.2 Å². The fraction of sp³-hybridized carbons (Fsp3) is 0.324. The van der Waals surface area contributed by atoms with E-state index >= 15 is 0 Å². The molecule has 7 heteroatoms. The number of aliphatic hydroxyl groups excluding tert-OH is 1. The van der Waals surface area contributed by atoms with Crippen LogP contribution in [-0.4, -0.2) is 47.0 Å². The third kappa shape index (κ3) is 8.77. The van der Waals surface area contributed by atoms with Crippen molar-refractivity contribution >= 4 is 17.8 Å². The molecule has 0 radical (unpaired) electrons. The second-order valence-electron chi connectivity index (χ2n) is 11.2. The molecule has 1 aliphatic heterocycles. The summed E-state index contributed by atoms with van der Waals surface area (Å²) in [5.74, 6) is -1.96. The molecule has 0 fully saturated rings. The minimum Gasteiger partial charge on any atom is -0.455 e. The lowest BCUT2D eigenvalue weighted by molar-refractivity contribution is -0.154. The lowest BCUT2D eigenvalue weighted by atomic mass is 9.92. The minimum atomic E-state index is -0.715. The summed E-state index contributed by atoms with van der Waals surface area (Å²) in [5, 5.41) is 13.0. The number of hydrogen-bond donors (Lipinski definition) is 2. The summed E-state index contributed by atoms with van der Waals surface area (Å²) in [6.07, 6.45) is 4.45. The second kappa shape index (κ2) is 16.4. The molecule has 0 bridgehead atoms. The molecule has 0 unspecified atom stereocenters. The average Bonchev–Trinajstić information content (AvgIpc) is 3.06. The highest BCUT2D eigenvalue weighted by Gasteiger charge is 2.32. The van der Waals surface area contributed by atoms with Gasteiger partial charge in [-0.05, 0) is 47.9 Å². The summed E-state index contributed by atoms with van der Waals surface area (Å²) >= 11 is 0. The molecule has 2 amide bonds. The van der Waals surface area contributed by atoms with E-state index in [1.807, 2.05) is 84.9 Å². The van der Waals surface area contributed by atoms with E-state index in [2.05, 4.69) is 18.5 Å². The average molecular weight is 595 g/mol. The van der Waals surface area contributed by atoms with E-state index in [-0.39, 0.29) is 43.4 Å². The molecule has 3 aromatic rings. The zero-order valence-corrected chi connectivity index (χ0v) is 25.1. The molecule has 0 aliphatic carbocycles. The Morgan fingerprint density at radius 3 is 2.16 bits per heavy atom. The molecule has 7 nitrogen and oxygen atoms in total. The molecule has 230 valence electrons. The Morgan fingerprint density at radius 2 is 1.50 bits per heavy atom. The summed E-state index contributed by atoms with van der Waals surface area (Å²) in [6, 6.07) is 26.6. The van der Waals surface area contributed by atoms with Gasteiger partial charge < -0.3 is 20.1 Å². The van der Waals surface area contributed by atoms with Crippen LogP contribution in [0.5, 0.6) is 0 Å². The number of hydrogen-bond acceptors (Lipinski definition) is 5. The van der Waals surface area contributed by atoms with E-state index in [0.29, 0.717) is 32.2 Å². The topological polar surface area (TPSA) is 95.9 Å². The van der Waals surface area contributed by atoms with Crippen molar-refractivity contribution in [3.05, 3.63) is 132 Å². The van der Waals surface area contributed by atoms with E-state index in [9.17, 15) is 19.5 Å². The molecule has 0 aromatic heterocycles. The predicted molar refractivity (Wildman–Crippen MR) is 171 cm³/mol. The van der Waals surface area contributed by atoms with Crippen LogP contribution in [0.15, 0.2) is 110 Å². The van der Waals surface area contributed by atoms with Crippen molar-refractivity contribution in [3.8, 4) is 0 Å². The maximum Gasteiger partial charge on any atom is 0.310 e. The Hall–Kier alpha value is -4.49. The predicted octanol–water partition coefficient (Wildman–Crippen LogP) is 5.35. The zero-order valence-electron chi connectivity index (χ0n) is 25.1. The Labute approximate surface area is 260 Å². The molecule has 1 heterocycles. The van der Waals surface area contributed by atoms with Crippen LogP contribution in [0.1, 0.15) is 47.6 Å². The molecule has 3 aromatic carbocycles. The van der Waals surface area contributed by atoms with Gasteiger partial charge in [0.05, 0.1) is 31.0 Å². The van der Waals surface area contributed by atoms with Crippen molar-refractivity contribution in [2.75, 3.05) is 13.2 Å². The van der Waals surface area contributed by atoms with Crippen molar-refractivity contribution < 1.29 is 24.2 Å². The number of amides is 2. The van der Waals surface area contributed by atoms with Crippen LogP contribution in [0.4, 0.5) is 0 Å². The Kier molecular flexibility index (Phi) is 12.1. The number of allylic oxidation sites excluding steroid dienone is 2. The van der Waals surface area contributed by atoms with Crippen LogP contribution in [0.2, 0.25) is 0 Å². The molecule has 0 saturated carbocycles. The van der Waals surface area contributed by atoms with Gasteiger partial charge in [-0.25, -0.2) is 0 Å². The summed E-state index contributed by atoms with van der Waals surface area (Å²) in [6.45, 7) is 7.91. The van der Waals surface area contributed by atoms with Gasteiger partial charge in [0.2, 0.25) is 11.8 Å². The number of ether oxygens (including phenoxy) is 1. The van der Waals surface area contributed by atoms with Crippen LogP contribution >= 0.6 is 0 Å². The van der Waals surface area contributed by atoms with E-state index < -0.39 is 17.9 Å². The summed E-state index contributed by atoms with van der Waals surface area (Å²) < 4.78 is 6.03. The largest absolute Gasteiger partial charge is 0.455 e. The fourth-order valence-corrected chi connectivity index (χ4v) is 5.69. The van der Waals surface area contributed by atoms with E-state index in [1.165, 1.54) is 0 Å². The quantitative estimate of drug-likeness (QED) is 0.183. The zero-order chi connectivity index (χ0) is 31.3. The van der Waals surface area contributed by atoms with Gasteiger partial charge in [-0.1, -0.05) is 97.1 Å². The normalized spacial score (nSPS) is 16.1. The number of carbonyl (C=O) groups is 3. The molecule has 1 aliphatic rings. The molecule has 44 heavy (non-hydrogen) atoms. The van der Waals surface area contributed by atoms with Crippen molar-refractivity contribution in [3.63, 3.8) is 0 Å². The van der Waals surface area contributed by atoms with Crippen LogP contribution in [0.3, 0.4) is 0 Å². The second-order valence-corrected chi connectivity index (χ2v) is 11.2. The number of aliphatic hydroxyl groups is 1. The number of fused-ring (bicyclic) bond motifs is 1. The third-order valence-corrected chi connectivity index (χ3v) is 8.13. The monoisotopic (exact) mass is 594 g/mol. The minimum absolute atomic E-state index is 0.0230. The van der Waals surface area contributed by atoms with Crippen LogP contribution in [0, 0.1) is 11.8 Å². The van der Waals surface area contributed by atoms with Gasteiger partial charge in [-0.2, -0.15) is 0 Å². The van der Waals surface area contributed by atoms with Crippen LogP contribution in [-0.2, 0) is 38.5 Å². The maximum absolute atomic E-state index is 13.5. The molecule has 2 N–H and O–H groups in total. The lowest BCUT2D eigenvalue weighted by Crippen LogP contribution is -2.47. The van der Waals surface area contributed by atoms with Gasteiger partial charge in [0.25, 0.3) is 0 Å². The van der Waals surface area contributed by atoms with Gasteiger partial charge in [0.1, 0.15) is 6.10 Å². The number of benzene rings is 3. The first-order valence-corrected chi connectivity index (χ1v) is 15.2.